The lowest BCUT2D eigenvalue weighted by Crippen LogP contribution is -2.54. The summed E-state index contributed by atoms with van der Waals surface area (Å²) in [6.07, 6.45) is 0. The average Bonchev–Trinajstić information content (AvgIpc) is 2.47. The predicted octanol–water partition coefficient (Wildman–Crippen LogP) is 1.04. The van der Waals surface area contributed by atoms with Crippen molar-refractivity contribution in [3.63, 3.8) is 0 Å². The number of carbonyl (C=O) groups is 1. The number of nitrogens with one attached hydrogen (secondary N) is 1. The van der Waals surface area contributed by atoms with Crippen molar-refractivity contribution in [2.75, 3.05) is 31.2 Å². The largest absolute Gasteiger partial charge is 0.377 e. The molecule has 0 spiro atoms. The van der Waals surface area contributed by atoms with Crippen molar-refractivity contribution >= 4 is 11.6 Å². The van der Waals surface area contributed by atoms with Crippen molar-refractivity contribution in [2.45, 2.75) is 13.0 Å². The van der Waals surface area contributed by atoms with Crippen LogP contribution < -0.4 is 10.2 Å². The molecular weight excluding hydrogens is 261 g/mol. The van der Waals surface area contributed by atoms with Gasteiger partial charge in [-0.05, 0) is 19.1 Å². The highest BCUT2D eigenvalue weighted by atomic mass is 19.1. The van der Waals surface area contributed by atoms with E-state index in [0.29, 0.717) is 25.4 Å². The van der Waals surface area contributed by atoms with Crippen LogP contribution in [0.25, 0.3) is 0 Å². The number of nitrogens with zero attached hydrogens (tertiary/aromatic N) is 2. The number of morpholine rings is 1. The number of hydrogen-bond donors (Lipinski definition) is 1. The number of benzene rings is 1. The summed E-state index contributed by atoms with van der Waals surface area (Å²) in [7, 11) is 0. The summed E-state index contributed by atoms with van der Waals surface area (Å²) in [5, 5.41) is 11.8. The van der Waals surface area contributed by atoms with E-state index in [9.17, 15) is 9.18 Å². The van der Waals surface area contributed by atoms with Gasteiger partial charge in [0.1, 0.15) is 23.5 Å². The lowest BCUT2D eigenvalue weighted by Gasteiger charge is -2.36. The summed E-state index contributed by atoms with van der Waals surface area (Å²) in [4.78, 5) is 13.8. The van der Waals surface area contributed by atoms with Crippen LogP contribution in [0, 0.1) is 17.1 Å². The zero-order valence-corrected chi connectivity index (χ0v) is 11.2. The first-order chi connectivity index (χ1) is 9.69. The summed E-state index contributed by atoms with van der Waals surface area (Å²) in [6.45, 7) is 3.46. The van der Waals surface area contributed by atoms with Crippen LogP contribution in [-0.4, -0.2) is 38.3 Å². The molecule has 1 heterocycles. The quantitative estimate of drug-likeness (QED) is 0.896. The molecule has 0 saturated carbocycles. The van der Waals surface area contributed by atoms with Crippen molar-refractivity contribution in [3.05, 3.63) is 29.6 Å². The predicted molar refractivity (Wildman–Crippen MR) is 71.8 cm³/mol. The second-order valence-electron chi connectivity index (χ2n) is 4.42. The zero-order chi connectivity index (χ0) is 14.5. The van der Waals surface area contributed by atoms with Gasteiger partial charge in [-0.25, -0.2) is 4.39 Å². The van der Waals surface area contributed by atoms with E-state index in [4.69, 9.17) is 10.00 Å². The maximum atomic E-state index is 13.7. The smallest absolute Gasteiger partial charge is 0.245 e. The van der Waals surface area contributed by atoms with Gasteiger partial charge in [-0.3, -0.25) is 4.79 Å². The van der Waals surface area contributed by atoms with Crippen LogP contribution in [0.3, 0.4) is 0 Å². The molecule has 1 N–H and O–H groups in total. The SMILES string of the molecule is CCNC(=O)C1COCCN1c1cccc(F)c1C#N. The molecule has 20 heavy (non-hydrogen) atoms. The van der Waals surface area contributed by atoms with E-state index in [1.807, 2.05) is 13.0 Å². The van der Waals surface area contributed by atoms with Gasteiger partial charge in [-0.1, -0.05) is 6.07 Å². The highest BCUT2D eigenvalue weighted by Crippen LogP contribution is 2.26. The van der Waals surface area contributed by atoms with Crippen LogP contribution in [0.4, 0.5) is 10.1 Å². The molecule has 1 aliphatic rings. The Morgan fingerprint density at radius 2 is 2.45 bits per heavy atom. The number of likely N-dealkylation sites (N-methyl/N-ethyl adjacent to an activating group) is 1. The van der Waals surface area contributed by atoms with Crippen molar-refractivity contribution in [1.29, 1.82) is 5.26 Å². The van der Waals surface area contributed by atoms with Crippen molar-refractivity contribution < 1.29 is 13.9 Å². The Morgan fingerprint density at radius 1 is 1.65 bits per heavy atom. The van der Waals surface area contributed by atoms with E-state index in [0.717, 1.165) is 0 Å². The fraction of sp³-hybridized carbons (Fsp3) is 0.429. The second kappa shape index (κ2) is 6.35. The molecule has 1 saturated heterocycles. The first-order valence-corrected chi connectivity index (χ1v) is 6.49. The molecule has 6 heteroatoms. The maximum Gasteiger partial charge on any atom is 0.245 e. The van der Waals surface area contributed by atoms with E-state index in [2.05, 4.69) is 5.32 Å². The normalized spacial score (nSPS) is 18.4. The molecule has 1 atom stereocenters. The topological polar surface area (TPSA) is 65.4 Å². The second-order valence-corrected chi connectivity index (χ2v) is 4.42. The van der Waals surface area contributed by atoms with Gasteiger partial charge >= 0.3 is 0 Å². The van der Waals surface area contributed by atoms with Gasteiger partial charge in [0.15, 0.2) is 0 Å². The molecular formula is C14H16FN3O2. The molecule has 1 amide bonds. The van der Waals surface area contributed by atoms with Crippen LogP contribution in [0.5, 0.6) is 0 Å². The Kier molecular flexibility index (Phi) is 4.53. The highest BCUT2D eigenvalue weighted by molar-refractivity contribution is 5.86. The molecule has 0 aliphatic carbocycles. The number of nitriles is 1. The third kappa shape index (κ3) is 2.73. The van der Waals surface area contributed by atoms with E-state index >= 15 is 0 Å². The summed E-state index contributed by atoms with van der Waals surface area (Å²) < 4.78 is 19.0. The van der Waals surface area contributed by atoms with Gasteiger partial charge in [-0.2, -0.15) is 5.26 Å². The Hall–Kier alpha value is -2.13. The number of anilines is 1. The minimum atomic E-state index is -0.578. The van der Waals surface area contributed by atoms with Gasteiger partial charge in [0.2, 0.25) is 5.91 Å². The first kappa shape index (κ1) is 14.3. The standard InChI is InChI=1S/C14H16FN3O2/c1-2-17-14(19)13-9-20-7-6-18(13)12-5-3-4-11(15)10(12)8-16/h3-5,13H,2,6-7,9H2,1H3,(H,17,19). The summed E-state index contributed by atoms with van der Waals surface area (Å²) in [5.41, 5.74) is 0.399. The average molecular weight is 277 g/mol. The molecule has 1 aromatic carbocycles. The highest BCUT2D eigenvalue weighted by Gasteiger charge is 2.31. The maximum absolute atomic E-state index is 13.7. The zero-order valence-electron chi connectivity index (χ0n) is 11.2. The van der Waals surface area contributed by atoms with Gasteiger partial charge < -0.3 is 15.0 Å². The molecule has 0 aromatic heterocycles. The van der Waals surface area contributed by atoms with E-state index in [-0.39, 0.29) is 18.1 Å². The number of amides is 1. The van der Waals surface area contributed by atoms with Crippen LogP contribution in [-0.2, 0) is 9.53 Å². The third-order valence-electron chi connectivity index (χ3n) is 3.19. The van der Waals surface area contributed by atoms with Gasteiger partial charge in [0.05, 0.1) is 18.9 Å². The number of ether oxygens (including phenoxy) is 1. The van der Waals surface area contributed by atoms with Crippen LogP contribution >= 0.6 is 0 Å². The number of rotatable bonds is 3. The Labute approximate surface area is 116 Å². The molecule has 0 radical (unpaired) electrons. The molecule has 1 aliphatic heterocycles. The van der Waals surface area contributed by atoms with Crippen molar-refractivity contribution in [1.82, 2.24) is 5.32 Å². The molecule has 2 rings (SSSR count). The van der Waals surface area contributed by atoms with Crippen LogP contribution in [0.2, 0.25) is 0 Å². The Bertz CT molecular complexity index is 542. The molecule has 1 aromatic rings. The monoisotopic (exact) mass is 277 g/mol. The van der Waals surface area contributed by atoms with Crippen molar-refractivity contribution in [3.8, 4) is 6.07 Å². The lowest BCUT2D eigenvalue weighted by atomic mass is 10.1. The molecule has 5 nitrogen and oxygen atoms in total. The van der Waals surface area contributed by atoms with Gasteiger partial charge in [-0.15, -0.1) is 0 Å². The molecule has 106 valence electrons. The third-order valence-corrected chi connectivity index (χ3v) is 3.19. The van der Waals surface area contributed by atoms with Crippen LogP contribution in [0.15, 0.2) is 18.2 Å². The summed E-state index contributed by atoms with van der Waals surface area (Å²) in [5.74, 6) is -0.758. The van der Waals surface area contributed by atoms with E-state index in [1.165, 1.54) is 12.1 Å². The Balaban J connectivity index is 2.36. The Morgan fingerprint density at radius 3 is 3.15 bits per heavy atom. The summed E-state index contributed by atoms with van der Waals surface area (Å²) >= 11 is 0. The van der Waals surface area contributed by atoms with Gasteiger partial charge in [0.25, 0.3) is 0 Å². The van der Waals surface area contributed by atoms with Crippen molar-refractivity contribution in [2.24, 2.45) is 0 Å². The number of hydrogen-bond acceptors (Lipinski definition) is 4. The minimum Gasteiger partial charge on any atom is -0.377 e. The first-order valence-electron chi connectivity index (χ1n) is 6.49. The lowest BCUT2D eigenvalue weighted by molar-refractivity contribution is -0.124. The van der Waals surface area contributed by atoms with Gasteiger partial charge in [0, 0.05) is 13.1 Å². The summed E-state index contributed by atoms with van der Waals surface area (Å²) in [6, 6.07) is 5.75. The number of halogens is 1. The minimum absolute atomic E-state index is 0.0382. The van der Waals surface area contributed by atoms with E-state index < -0.39 is 11.9 Å². The number of carbonyl (C=O) groups excluding carboxylic acids is 1. The van der Waals surface area contributed by atoms with E-state index in [1.54, 1.807) is 11.0 Å². The molecule has 1 fully saturated rings. The fourth-order valence-electron chi connectivity index (χ4n) is 2.26. The van der Waals surface area contributed by atoms with Crippen LogP contribution in [0.1, 0.15) is 12.5 Å². The molecule has 1 unspecified atom stereocenters. The fourth-order valence-corrected chi connectivity index (χ4v) is 2.26. The molecule has 0 bridgehead atoms.